The number of hydrogen-bond acceptors (Lipinski definition) is 4. The van der Waals surface area contributed by atoms with Crippen LogP contribution in [-0.4, -0.2) is 64.3 Å². The summed E-state index contributed by atoms with van der Waals surface area (Å²) in [5.74, 6) is 0.0507. The Labute approximate surface area is 142 Å². The van der Waals surface area contributed by atoms with E-state index in [-0.39, 0.29) is 42.2 Å². The summed E-state index contributed by atoms with van der Waals surface area (Å²) < 4.78 is 4.92. The van der Waals surface area contributed by atoms with Crippen LogP contribution in [0.4, 0.5) is 0 Å². The summed E-state index contributed by atoms with van der Waals surface area (Å²) in [6.07, 6.45) is 0.959. The second kappa shape index (κ2) is 13.6. The average molecular weight is 346 g/mol. The van der Waals surface area contributed by atoms with Crippen LogP contribution in [0, 0.1) is 5.41 Å². The molecule has 0 aromatic heterocycles. The molecule has 0 fully saturated rings. The molecule has 7 heteroatoms. The predicted molar refractivity (Wildman–Crippen MR) is 93.8 cm³/mol. The third kappa shape index (κ3) is 14.6. The summed E-state index contributed by atoms with van der Waals surface area (Å²) in [6.45, 7) is 9.11. The fraction of sp³-hybridized carbons (Fsp3) is 0.929. The molecule has 0 aliphatic rings. The maximum absolute atomic E-state index is 11.9. The van der Waals surface area contributed by atoms with Crippen LogP contribution in [0.25, 0.3) is 0 Å². The van der Waals surface area contributed by atoms with Gasteiger partial charge in [0.1, 0.15) is 0 Å². The largest absolute Gasteiger partial charge is 0.383 e. The van der Waals surface area contributed by atoms with Gasteiger partial charge in [-0.05, 0) is 32.5 Å². The minimum Gasteiger partial charge on any atom is -0.383 e. The van der Waals surface area contributed by atoms with Crippen LogP contribution in [0.2, 0.25) is 0 Å². The van der Waals surface area contributed by atoms with Gasteiger partial charge in [-0.2, -0.15) is 0 Å². The summed E-state index contributed by atoms with van der Waals surface area (Å²) in [4.78, 5) is 14.0. The first kappa shape index (κ1) is 25.9. The summed E-state index contributed by atoms with van der Waals surface area (Å²) in [6, 6.07) is 0.187. The summed E-state index contributed by atoms with van der Waals surface area (Å²) in [5.41, 5.74) is 0.0677. The molecule has 0 aromatic carbocycles. The number of nitrogens with one attached hydrogen (secondary N) is 2. The van der Waals surface area contributed by atoms with Gasteiger partial charge in [0.05, 0.1) is 13.2 Å². The van der Waals surface area contributed by atoms with Gasteiger partial charge in [-0.25, -0.2) is 0 Å². The lowest BCUT2D eigenvalue weighted by Crippen LogP contribution is -2.48. The van der Waals surface area contributed by atoms with Crippen molar-refractivity contribution in [3.8, 4) is 0 Å². The van der Waals surface area contributed by atoms with Gasteiger partial charge in [0.2, 0.25) is 5.91 Å². The Morgan fingerprint density at radius 3 is 2.24 bits per heavy atom. The summed E-state index contributed by atoms with van der Waals surface area (Å²) >= 11 is 0. The van der Waals surface area contributed by atoms with Crippen LogP contribution in [0.1, 0.15) is 27.2 Å². The first-order chi connectivity index (χ1) is 8.77. The van der Waals surface area contributed by atoms with E-state index in [1.807, 2.05) is 14.1 Å². The number of carbonyl (C=O) groups is 1. The van der Waals surface area contributed by atoms with Gasteiger partial charge in [0, 0.05) is 19.7 Å². The molecular weight excluding hydrogens is 313 g/mol. The number of halogens is 2. The molecule has 0 spiro atoms. The smallest absolute Gasteiger partial charge is 0.234 e. The summed E-state index contributed by atoms with van der Waals surface area (Å²) in [5, 5.41) is 6.18. The van der Waals surface area contributed by atoms with E-state index >= 15 is 0 Å². The monoisotopic (exact) mass is 345 g/mol. The zero-order chi connectivity index (χ0) is 14.9. The van der Waals surface area contributed by atoms with E-state index in [2.05, 4.69) is 36.3 Å². The molecule has 0 bridgehead atoms. The molecular formula is C14H33Cl2N3O2. The van der Waals surface area contributed by atoms with Gasteiger partial charge in [-0.3, -0.25) is 4.79 Å². The second-order valence-electron chi connectivity index (χ2n) is 6.25. The molecule has 130 valence electrons. The molecule has 1 unspecified atom stereocenters. The van der Waals surface area contributed by atoms with Crippen molar-refractivity contribution in [3.63, 3.8) is 0 Å². The number of amides is 1. The third-order valence-corrected chi connectivity index (χ3v) is 3.01. The van der Waals surface area contributed by atoms with Crippen molar-refractivity contribution < 1.29 is 9.53 Å². The van der Waals surface area contributed by atoms with Crippen molar-refractivity contribution in [1.29, 1.82) is 0 Å². The maximum atomic E-state index is 11.9. The number of nitrogens with zero attached hydrogens (tertiary/aromatic N) is 1. The highest BCUT2D eigenvalue weighted by atomic mass is 35.5. The van der Waals surface area contributed by atoms with Gasteiger partial charge in [-0.1, -0.05) is 20.8 Å². The van der Waals surface area contributed by atoms with E-state index in [1.165, 1.54) is 0 Å². The zero-order valence-electron chi connectivity index (χ0n) is 14.2. The number of methoxy groups -OCH3 is 1. The molecule has 0 saturated carbocycles. The van der Waals surface area contributed by atoms with Crippen LogP contribution in [-0.2, 0) is 9.53 Å². The molecule has 0 heterocycles. The highest BCUT2D eigenvalue weighted by Crippen LogP contribution is 2.21. The molecule has 2 N–H and O–H groups in total. The Morgan fingerprint density at radius 2 is 1.81 bits per heavy atom. The van der Waals surface area contributed by atoms with Crippen LogP contribution in [0.3, 0.4) is 0 Å². The van der Waals surface area contributed by atoms with Crippen LogP contribution >= 0.6 is 24.8 Å². The minimum atomic E-state index is 0. The first-order valence-electron chi connectivity index (χ1n) is 6.91. The number of ether oxygens (including phenoxy) is 1. The van der Waals surface area contributed by atoms with E-state index in [0.29, 0.717) is 19.7 Å². The topological polar surface area (TPSA) is 53.6 Å². The van der Waals surface area contributed by atoms with Crippen LogP contribution < -0.4 is 10.6 Å². The lowest BCUT2D eigenvalue weighted by molar-refractivity contribution is -0.121. The van der Waals surface area contributed by atoms with Crippen molar-refractivity contribution in [1.82, 2.24) is 15.5 Å². The van der Waals surface area contributed by atoms with Gasteiger partial charge < -0.3 is 20.3 Å². The van der Waals surface area contributed by atoms with Crippen molar-refractivity contribution in [2.24, 2.45) is 5.41 Å². The predicted octanol–water partition coefficient (Wildman–Crippen LogP) is 1.55. The highest BCUT2D eigenvalue weighted by molar-refractivity contribution is 5.85. The normalized spacial score (nSPS) is 12.3. The van der Waals surface area contributed by atoms with Gasteiger partial charge >= 0.3 is 0 Å². The molecule has 5 nitrogen and oxygen atoms in total. The summed E-state index contributed by atoms with van der Waals surface area (Å²) in [7, 11) is 5.75. The van der Waals surface area contributed by atoms with Crippen molar-refractivity contribution in [3.05, 3.63) is 0 Å². The Hall–Kier alpha value is -0.0700. The number of carbonyl (C=O) groups excluding carboxylic acids is 1. The molecule has 0 aliphatic carbocycles. The molecule has 0 radical (unpaired) electrons. The van der Waals surface area contributed by atoms with E-state index in [9.17, 15) is 4.79 Å². The first-order valence-corrected chi connectivity index (χ1v) is 6.91. The molecule has 0 aromatic rings. The molecule has 1 amide bonds. The molecule has 21 heavy (non-hydrogen) atoms. The van der Waals surface area contributed by atoms with E-state index < -0.39 is 0 Å². The Balaban J connectivity index is -0.00000162. The standard InChI is InChI=1S/C14H31N3O2.2ClH/c1-14(2,3)12(7-9-17(4)5)16-13(18)11-15-8-10-19-6;;/h12,15H,7-11H2,1-6H3,(H,16,18);2*1H. The maximum Gasteiger partial charge on any atom is 0.234 e. The van der Waals surface area contributed by atoms with Crippen LogP contribution in [0.15, 0.2) is 0 Å². The van der Waals surface area contributed by atoms with E-state index in [0.717, 1.165) is 13.0 Å². The fourth-order valence-corrected chi connectivity index (χ4v) is 1.73. The van der Waals surface area contributed by atoms with Crippen molar-refractivity contribution in [2.75, 3.05) is 47.4 Å². The quantitative estimate of drug-likeness (QED) is 0.622. The molecule has 0 aliphatic heterocycles. The van der Waals surface area contributed by atoms with E-state index in [4.69, 9.17) is 4.74 Å². The van der Waals surface area contributed by atoms with Crippen molar-refractivity contribution >= 4 is 30.7 Å². The Morgan fingerprint density at radius 1 is 1.24 bits per heavy atom. The lowest BCUT2D eigenvalue weighted by atomic mass is 9.84. The highest BCUT2D eigenvalue weighted by Gasteiger charge is 2.25. The minimum absolute atomic E-state index is 0. The van der Waals surface area contributed by atoms with Gasteiger partial charge in [0.25, 0.3) is 0 Å². The Bertz CT molecular complexity index is 259. The lowest BCUT2D eigenvalue weighted by Gasteiger charge is -2.32. The fourth-order valence-electron chi connectivity index (χ4n) is 1.73. The van der Waals surface area contributed by atoms with Gasteiger partial charge in [0.15, 0.2) is 0 Å². The SMILES string of the molecule is COCCNCC(=O)NC(CCN(C)C)C(C)(C)C.Cl.Cl. The molecule has 0 rings (SSSR count). The zero-order valence-corrected chi connectivity index (χ0v) is 15.8. The van der Waals surface area contributed by atoms with Gasteiger partial charge in [-0.15, -0.1) is 24.8 Å². The molecule has 1 atom stereocenters. The average Bonchev–Trinajstić information content (AvgIpc) is 2.28. The number of rotatable bonds is 9. The second-order valence-corrected chi connectivity index (χ2v) is 6.25. The van der Waals surface area contributed by atoms with Crippen molar-refractivity contribution in [2.45, 2.75) is 33.2 Å². The van der Waals surface area contributed by atoms with E-state index in [1.54, 1.807) is 7.11 Å². The molecule has 0 saturated heterocycles. The number of hydrogen-bond donors (Lipinski definition) is 2. The van der Waals surface area contributed by atoms with Crippen LogP contribution in [0.5, 0.6) is 0 Å². The Kier molecular flexibility index (Phi) is 16.7. The third-order valence-electron chi connectivity index (χ3n) is 3.01.